The molecule has 36 heavy (non-hydrogen) atoms. The monoisotopic (exact) mass is 486 g/mol. The summed E-state index contributed by atoms with van der Waals surface area (Å²) in [4.78, 5) is 30.3. The quantitative estimate of drug-likeness (QED) is 0.409. The van der Waals surface area contributed by atoms with E-state index < -0.39 is 0 Å². The second-order valence-corrected chi connectivity index (χ2v) is 9.51. The molecule has 1 atom stereocenters. The lowest BCUT2D eigenvalue weighted by Gasteiger charge is -2.34. The van der Waals surface area contributed by atoms with Gasteiger partial charge in [0.1, 0.15) is 5.52 Å². The van der Waals surface area contributed by atoms with Crippen molar-refractivity contribution in [2.24, 2.45) is 0 Å². The number of benzene rings is 1. The average Bonchev–Trinajstić information content (AvgIpc) is 3.33. The standard InChI is InChI=1S/C27H34N8O/c1-5-22(6-2)35-17-24-25(32-35)26(31-27(30-24)34-13-11-33(12-14-34)19(4)36)29-18(3)21-15-20-9-7-8-10-23(20)28-16-21/h7-10,15-18,22H,5-6,11-14H2,1-4H3,(H,29,30,31)/t18-/m1/s1. The van der Waals surface area contributed by atoms with Crippen LogP contribution < -0.4 is 10.2 Å². The highest BCUT2D eigenvalue weighted by molar-refractivity contribution is 5.86. The molecule has 3 aromatic heterocycles. The third kappa shape index (κ3) is 4.69. The first-order valence-electron chi connectivity index (χ1n) is 12.8. The molecule has 1 aliphatic heterocycles. The fraction of sp³-hybridized carbons (Fsp3) is 0.444. The average molecular weight is 487 g/mol. The van der Waals surface area contributed by atoms with Crippen molar-refractivity contribution < 1.29 is 4.79 Å². The van der Waals surface area contributed by atoms with E-state index in [1.165, 1.54) is 0 Å². The normalized spacial score (nSPS) is 15.1. The minimum atomic E-state index is -0.0269. The number of piperazine rings is 1. The number of aromatic nitrogens is 5. The smallest absolute Gasteiger partial charge is 0.228 e. The third-order valence-corrected chi connectivity index (χ3v) is 7.16. The molecule has 188 valence electrons. The number of amides is 1. The Morgan fingerprint density at radius 3 is 2.53 bits per heavy atom. The topological polar surface area (TPSA) is 92.1 Å². The number of anilines is 2. The summed E-state index contributed by atoms with van der Waals surface area (Å²) in [5.74, 6) is 1.49. The van der Waals surface area contributed by atoms with Crippen LogP contribution in [0.3, 0.4) is 0 Å². The lowest BCUT2D eigenvalue weighted by atomic mass is 10.1. The molecule has 4 aromatic rings. The molecular weight excluding hydrogens is 452 g/mol. The van der Waals surface area contributed by atoms with Crippen LogP contribution in [-0.2, 0) is 4.79 Å². The van der Waals surface area contributed by atoms with E-state index in [-0.39, 0.29) is 11.9 Å². The van der Waals surface area contributed by atoms with E-state index in [0.29, 0.717) is 38.2 Å². The lowest BCUT2D eigenvalue weighted by Crippen LogP contribution is -2.48. The van der Waals surface area contributed by atoms with Crippen molar-refractivity contribution in [3.8, 4) is 0 Å². The summed E-state index contributed by atoms with van der Waals surface area (Å²) in [5.41, 5.74) is 3.66. The SMILES string of the molecule is CCC(CC)n1cc2nc(N3CCN(C(C)=O)CC3)nc(N[C@H](C)c3cnc4ccccc4c3)c2n1. The van der Waals surface area contributed by atoms with Gasteiger partial charge in [0.25, 0.3) is 0 Å². The Morgan fingerprint density at radius 1 is 1.06 bits per heavy atom. The Morgan fingerprint density at radius 2 is 1.81 bits per heavy atom. The fourth-order valence-electron chi connectivity index (χ4n) is 4.84. The Kier molecular flexibility index (Phi) is 6.71. The second kappa shape index (κ2) is 10.1. The first kappa shape index (κ1) is 24.0. The number of fused-ring (bicyclic) bond motifs is 2. The van der Waals surface area contributed by atoms with Gasteiger partial charge < -0.3 is 15.1 Å². The molecule has 9 heteroatoms. The Hall–Kier alpha value is -3.75. The van der Waals surface area contributed by atoms with Gasteiger partial charge in [-0.15, -0.1) is 0 Å². The van der Waals surface area contributed by atoms with Crippen LogP contribution in [0.4, 0.5) is 11.8 Å². The minimum absolute atomic E-state index is 0.0269. The van der Waals surface area contributed by atoms with Crippen LogP contribution >= 0.6 is 0 Å². The molecule has 5 rings (SSSR count). The van der Waals surface area contributed by atoms with Crippen LogP contribution in [0.25, 0.3) is 21.9 Å². The third-order valence-electron chi connectivity index (χ3n) is 7.16. The zero-order chi connectivity index (χ0) is 25.2. The van der Waals surface area contributed by atoms with Gasteiger partial charge in [-0.3, -0.25) is 14.5 Å². The Balaban J connectivity index is 1.50. The molecule has 0 aliphatic carbocycles. The highest BCUT2D eigenvalue weighted by Crippen LogP contribution is 2.29. The molecule has 0 saturated carbocycles. The first-order chi connectivity index (χ1) is 17.5. The number of carbonyl (C=O) groups excluding carboxylic acids is 1. The van der Waals surface area contributed by atoms with Gasteiger partial charge >= 0.3 is 0 Å². The maximum atomic E-state index is 11.8. The summed E-state index contributed by atoms with van der Waals surface area (Å²) in [5, 5.41) is 9.63. The van der Waals surface area contributed by atoms with Crippen molar-refractivity contribution in [3.63, 3.8) is 0 Å². The number of nitrogens with zero attached hydrogens (tertiary/aromatic N) is 7. The van der Waals surface area contributed by atoms with Crippen LogP contribution in [0.5, 0.6) is 0 Å². The summed E-state index contributed by atoms with van der Waals surface area (Å²) in [6.45, 7) is 10.8. The number of carbonyl (C=O) groups is 1. The van der Waals surface area contributed by atoms with Gasteiger partial charge in [-0.2, -0.15) is 10.1 Å². The van der Waals surface area contributed by atoms with E-state index in [2.05, 4.69) is 48.1 Å². The van der Waals surface area contributed by atoms with E-state index in [1.54, 1.807) is 6.92 Å². The zero-order valence-electron chi connectivity index (χ0n) is 21.5. The zero-order valence-corrected chi connectivity index (χ0v) is 21.5. The molecular formula is C27H34N8O. The van der Waals surface area contributed by atoms with Crippen LogP contribution in [0.1, 0.15) is 58.2 Å². The predicted octanol–water partition coefficient (Wildman–Crippen LogP) is 4.58. The van der Waals surface area contributed by atoms with Gasteiger partial charge in [-0.05, 0) is 37.5 Å². The number of hydrogen-bond donors (Lipinski definition) is 1. The largest absolute Gasteiger partial charge is 0.361 e. The number of rotatable bonds is 7. The van der Waals surface area contributed by atoms with Crippen molar-refractivity contribution in [1.82, 2.24) is 29.6 Å². The molecule has 1 aromatic carbocycles. The van der Waals surface area contributed by atoms with Crippen LogP contribution in [0, 0.1) is 0 Å². The summed E-state index contributed by atoms with van der Waals surface area (Å²) < 4.78 is 2.03. The van der Waals surface area contributed by atoms with Gasteiger partial charge in [0.15, 0.2) is 11.3 Å². The van der Waals surface area contributed by atoms with E-state index in [9.17, 15) is 4.79 Å². The van der Waals surface area contributed by atoms with Gasteiger partial charge in [0, 0.05) is 44.7 Å². The highest BCUT2D eigenvalue weighted by atomic mass is 16.2. The van der Waals surface area contributed by atoms with Crippen molar-refractivity contribution in [1.29, 1.82) is 0 Å². The summed E-state index contributed by atoms with van der Waals surface area (Å²) in [7, 11) is 0. The summed E-state index contributed by atoms with van der Waals surface area (Å²) in [6, 6.07) is 10.6. The van der Waals surface area contributed by atoms with Crippen LogP contribution in [-0.4, -0.2) is 61.7 Å². The molecule has 0 bridgehead atoms. The van der Waals surface area contributed by atoms with Crippen molar-refractivity contribution >= 4 is 39.6 Å². The molecule has 4 heterocycles. The molecule has 9 nitrogen and oxygen atoms in total. The minimum Gasteiger partial charge on any atom is -0.361 e. The number of nitrogens with one attached hydrogen (secondary N) is 1. The van der Waals surface area contributed by atoms with E-state index in [0.717, 1.165) is 46.2 Å². The van der Waals surface area contributed by atoms with E-state index >= 15 is 0 Å². The Labute approximate surface area is 211 Å². The Bertz CT molecular complexity index is 1370. The first-order valence-corrected chi connectivity index (χ1v) is 12.8. The van der Waals surface area contributed by atoms with Crippen molar-refractivity contribution in [2.75, 3.05) is 36.4 Å². The van der Waals surface area contributed by atoms with Gasteiger partial charge in [-0.25, -0.2) is 4.98 Å². The molecule has 0 radical (unpaired) electrons. The molecule has 1 N–H and O–H groups in total. The molecule has 1 aliphatic rings. The number of para-hydroxylation sites is 1. The summed E-state index contributed by atoms with van der Waals surface area (Å²) >= 11 is 0. The number of pyridine rings is 1. The lowest BCUT2D eigenvalue weighted by molar-refractivity contribution is -0.129. The van der Waals surface area contributed by atoms with Crippen LogP contribution in [0.15, 0.2) is 42.7 Å². The maximum Gasteiger partial charge on any atom is 0.228 e. The molecule has 1 fully saturated rings. The van der Waals surface area contributed by atoms with Crippen molar-refractivity contribution in [3.05, 3.63) is 48.3 Å². The molecule has 0 unspecified atom stereocenters. The predicted molar refractivity (Wildman–Crippen MR) is 143 cm³/mol. The molecule has 1 saturated heterocycles. The summed E-state index contributed by atoms with van der Waals surface area (Å²) in [6.07, 6.45) is 5.96. The molecule has 1 amide bonds. The van der Waals surface area contributed by atoms with Crippen molar-refractivity contribution in [2.45, 2.75) is 52.6 Å². The van der Waals surface area contributed by atoms with E-state index in [1.807, 2.05) is 40.2 Å². The van der Waals surface area contributed by atoms with Gasteiger partial charge in [0.05, 0.1) is 23.8 Å². The number of hydrogen-bond acceptors (Lipinski definition) is 7. The molecule has 0 spiro atoms. The maximum absolute atomic E-state index is 11.8. The fourth-order valence-corrected chi connectivity index (χ4v) is 4.84. The van der Waals surface area contributed by atoms with Gasteiger partial charge in [0.2, 0.25) is 11.9 Å². The van der Waals surface area contributed by atoms with Crippen LogP contribution in [0.2, 0.25) is 0 Å². The van der Waals surface area contributed by atoms with Gasteiger partial charge in [-0.1, -0.05) is 32.0 Å². The highest BCUT2D eigenvalue weighted by Gasteiger charge is 2.24. The second-order valence-electron chi connectivity index (χ2n) is 9.51. The van der Waals surface area contributed by atoms with E-state index in [4.69, 9.17) is 15.1 Å².